The summed E-state index contributed by atoms with van der Waals surface area (Å²) in [5.41, 5.74) is 1.31. The summed E-state index contributed by atoms with van der Waals surface area (Å²) in [6, 6.07) is 14.1. The quantitative estimate of drug-likeness (QED) is 0.0627. The van der Waals surface area contributed by atoms with Gasteiger partial charge in [0.2, 0.25) is 0 Å². The van der Waals surface area contributed by atoms with Crippen LogP contribution in [0.15, 0.2) is 48.5 Å². The number of rotatable bonds is 12. The minimum absolute atomic E-state index is 0.0137. The first-order chi connectivity index (χ1) is 21.4. The number of imide groups is 1. The normalized spacial score (nSPS) is 13.1. The van der Waals surface area contributed by atoms with Crippen molar-refractivity contribution in [1.29, 1.82) is 0 Å². The SMILES string of the molecule is CCCCCN1C(=O)c2ccc3c4ccc(C(=O)OCCCO)c5c(C(=O)OCCCO)ccc(c6ccc(c2c36)C1=O)c54. The molecule has 5 aromatic rings. The second kappa shape index (κ2) is 12.2. The summed E-state index contributed by atoms with van der Waals surface area (Å²) in [5.74, 6) is -1.88. The molecule has 0 aliphatic carbocycles. The van der Waals surface area contributed by atoms with Crippen molar-refractivity contribution in [3.63, 3.8) is 0 Å². The van der Waals surface area contributed by atoms with Gasteiger partial charge >= 0.3 is 11.9 Å². The van der Waals surface area contributed by atoms with E-state index in [1.54, 1.807) is 36.4 Å². The van der Waals surface area contributed by atoms with Crippen molar-refractivity contribution in [2.24, 2.45) is 0 Å². The molecule has 2 amide bonds. The number of hydrogen-bond donors (Lipinski definition) is 2. The van der Waals surface area contributed by atoms with Crippen LogP contribution in [-0.4, -0.2) is 71.8 Å². The fourth-order valence-corrected chi connectivity index (χ4v) is 6.31. The zero-order valence-corrected chi connectivity index (χ0v) is 24.5. The predicted octanol–water partition coefficient (Wildman–Crippen LogP) is 5.60. The van der Waals surface area contributed by atoms with E-state index in [-0.39, 0.29) is 62.2 Å². The molecule has 0 bridgehead atoms. The van der Waals surface area contributed by atoms with Gasteiger partial charge in [-0.1, -0.05) is 44.0 Å². The number of aliphatic hydroxyl groups is 2. The van der Waals surface area contributed by atoms with E-state index in [1.165, 1.54) is 4.90 Å². The molecular weight excluding hydrogens is 562 g/mol. The van der Waals surface area contributed by atoms with E-state index in [0.29, 0.717) is 33.8 Å². The first-order valence-corrected chi connectivity index (χ1v) is 15.0. The van der Waals surface area contributed by atoms with E-state index in [1.807, 2.05) is 12.1 Å². The maximum Gasteiger partial charge on any atom is 0.338 e. The summed E-state index contributed by atoms with van der Waals surface area (Å²) >= 11 is 0. The average molecular weight is 596 g/mol. The minimum Gasteiger partial charge on any atom is -0.462 e. The lowest BCUT2D eigenvalue weighted by molar-refractivity contribution is 0.0482. The number of benzene rings is 5. The average Bonchev–Trinajstić information content (AvgIpc) is 3.04. The van der Waals surface area contributed by atoms with Crippen LogP contribution in [0.3, 0.4) is 0 Å². The highest BCUT2D eigenvalue weighted by atomic mass is 16.5. The molecule has 226 valence electrons. The maximum absolute atomic E-state index is 13.6. The second-order valence-electron chi connectivity index (χ2n) is 11.0. The van der Waals surface area contributed by atoms with Crippen LogP contribution in [-0.2, 0) is 9.47 Å². The van der Waals surface area contributed by atoms with E-state index in [9.17, 15) is 19.2 Å². The fourth-order valence-electron chi connectivity index (χ4n) is 6.31. The lowest BCUT2D eigenvalue weighted by Crippen LogP contribution is -2.40. The molecule has 6 rings (SSSR count). The van der Waals surface area contributed by atoms with Crippen LogP contribution in [0.4, 0.5) is 0 Å². The molecule has 0 saturated heterocycles. The van der Waals surface area contributed by atoms with Crippen molar-refractivity contribution in [2.75, 3.05) is 33.0 Å². The summed E-state index contributed by atoms with van der Waals surface area (Å²) in [6.07, 6.45) is 3.19. The molecule has 0 spiro atoms. The molecule has 0 unspecified atom stereocenters. The van der Waals surface area contributed by atoms with Gasteiger partial charge in [-0.3, -0.25) is 14.5 Å². The molecule has 1 heterocycles. The summed E-state index contributed by atoms with van der Waals surface area (Å²) in [6.45, 7) is 2.20. The third-order valence-electron chi connectivity index (χ3n) is 8.35. The van der Waals surface area contributed by atoms with Crippen LogP contribution in [0.2, 0.25) is 0 Å². The lowest BCUT2D eigenvalue weighted by atomic mass is 9.83. The Bertz CT molecular complexity index is 1820. The van der Waals surface area contributed by atoms with Crippen molar-refractivity contribution in [3.8, 4) is 0 Å². The number of fused-ring (bicyclic) bond motifs is 2. The topological polar surface area (TPSA) is 130 Å². The van der Waals surface area contributed by atoms with E-state index >= 15 is 0 Å². The van der Waals surface area contributed by atoms with Gasteiger partial charge in [0.15, 0.2) is 0 Å². The zero-order chi connectivity index (χ0) is 31.0. The van der Waals surface area contributed by atoms with E-state index in [0.717, 1.165) is 46.2 Å². The maximum atomic E-state index is 13.6. The molecule has 0 fully saturated rings. The van der Waals surface area contributed by atoms with Crippen LogP contribution in [0, 0.1) is 0 Å². The Morgan fingerprint density at radius 2 is 1.07 bits per heavy atom. The van der Waals surface area contributed by atoms with Crippen LogP contribution >= 0.6 is 0 Å². The van der Waals surface area contributed by atoms with E-state index in [4.69, 9.17) is 19.7 Å². The lowest BCUT2D eigenvalue weighted by Gasteiger charge is -2.28. The molecular formula is C35H33NO8. The van der Waals surface area contributed by atoms with Gasteiger partial charge in [-0.05, 0) is 63.0 Å². The van der Waals surface area contributed by atoms with Gasteiger partial charge < -0.3 is 19.7 Å². The number of amides is 2. The van der Waals surface area contributed by atoms with Crippen molar-refractivity contribution >= 4 is 66.8 Å². The first-order valence-electron chi connectivity index (χ1n) is 15.0. The molecule has 1 aliphatic rings. The Labute approximate surface area is 253 Å². The standard InChI is InChI=1S/C35H33NO8/c1-2-3-4-15-36-32(39)24-11-7-20-22-9-13-26(34(41)43-18-5-16-37)31-27(35(42)44-19-6-17-38)14-10-23(29(22)31)21-8-12-25(33(36)40)30(24)28(20)21/h7-14,37-38H,2-6,15-19H2,1H3. The summed E-state index contributed by atoms with van der Waals surface area (Å²) in [7, 11) is 0. The molecule has 0 atom stereocenters. The highest BCUT2D eigenvalue weighted by molar-refractivity contribution is 6.39. The number of esters is 2. The van der Waals surface area contributed by atoms with E-state index < -0.39 is 11.9 Å². The molecule has 0 saturated carbocycles. The van der Waals surface area contributed by atoms with Gasteiger partial charge in [0.25, 0.3) is 11.8 Å². The molecule has 1 aliphatic heterocycles. The van der Waals surface area contributed by atoms with Gasteiger partial charge in [-0.25, -0.2) is 9.59 Å². The Morgan fingerprint density at radius 1 is 0.614 bits per heavy atom. The smallest absolute Gasteiger partial charge is 0.338 e. The Kier molecular flexibility index (Phi) is 8.16. The number of hydrogen-bond acceptors (Lipinski definition) is 8. The summed E-state index contributed by atoms with van der Waals surface area (Å²) in [5, 5.41) is 23.8. The number of nitrogens with zero attached hydrogens (tertiary/aromatic N) is 1. The highest BCUT2D eigenvalue weighted by Gasteiger charge is 2.34. The third kappa shape index (κ3) is 4.73. The van der Waals surface area contributed by atoms with Crippen LogP contribution in [0.25, 0.3) is 43.1 Å². The molecule has 9 nitrogen and oxygen atoms in total. The number of carbonyl (C=O) groups excluding carboxylic acids is 4. The van der Waals surface area contributed by atoms with Gasteiger partial charge in [0.05, 0.1) is 24.3 Å². The van der Waals surface area contributed by atoms with Gasteiger partial charge in [0.1, 0.15) is 0 Å². The Hall–Kier alpha value is -4.60. The molecule has 0 radical (unpaired) electrons. The third-order valence-corrected chi connectivity index (χ3v) is 8.35. The molecule has 9 heteroatoms. The van der Waals surface area contributed by atoms with Crippen LogP contribution in [0.1, 0.15) is 80.5 Å². The number of ether oxygens (including phenoxy) is 2. The van der Waals surface area contributed by atoms with E-state index in [2.05, 4.69) is 6.92 Å². The summed E-state index contributed by atoms with van der Waals surface area (Å²) in [4.78, 5) is 55.1. The molecule has 2 N–H and O–H groups in total. The summed E-state index contributed by atoms with van der Waals surface area (Å²) < 4.78 is 10.9. The molecule has 5 aromatic carbocycles. The van der Waals surface area contributed by atoms with Gasteiger partial charge in [-0.2, -0.15) is 0 Å². The highest BCUT2D eigenvalue weighted by Crippen LogP contribution is 2.45. The number of aliphatic hydroxyl groups excluding tert-OH is 2. The monoisotopic (exact) mass is 595 g/mol. The van der Waals surface area contributed by atoms with Crippen molar-refractivity contribution in [2.45, 2.75) is 39.0 Å². The Balaban J connectivity index is 1.61. The Morgan fingerprint density at radius 3 is 1.52 bits per heavy atom. The second-order valence-corrected chi connectivity index (χ2v) is 11.0. The zero-order valence-electron chi connectivity index (χ0n) is 24.5. The van der Waals surface area contributed by atoms with Gasteiger partial charge in [-0.15, -0.1) is 0 Å². The van der Waals surface area contributed by atoms with Crippen LogP contribution < -0.4 is 0 Å². The van der Waals surface area contributed by atoms with Crippen LogP contribution in [0.5, 0.6) is 0 Å². The van der Waals surface area contributed by atoms with Crippen molar-refractivity contribution in [1.82, 2.24) is 4.90 Å². The number of unbranched alkanes of at least 4 members (excludes halogenated alkanes) is 2. The molecule has 44 heavy (non-hydrogen) atoms. The van der Waals surface area contributed by atoms with Crippen molar-refractivity contribution < 1.29 is 38.9 Å². The fraction of sp³-hybridized carbons (Fsp3) is 0.314. The van der Waals surface area contributed by atoms with Crippen molar-refractivity contribution in [3.05, 3.63) is 70.8 Å². The number of carbonyl (C=O) groups is 4. The first kappa shape index (κ1) is 29.5. The van der Waals surface area contributed by atoms with Gasteiger partial charge in [0, 0.05) is 54.5 Å². The largest absolute Gasteiger partial charge is 0.462 e. The minimum atomic E-state index is -0.637. The molecule has 0 aromatic heterocycles. The predicted molar refractivity (Wildman–Crippen MR) is 167 cm³/mol.